The zero-order chi connectivity index (χ0) is 15.0. The summed E-state index contributed by atoms with van der Waals surface area (Å²) in [6, 6.07) is 2.09. The minimum Gasteiger partial charge on any atom is -0.269 e. The number of nitriles is 1. The van der Waals surface area contributed by atoms with Crippen LogP contribution in [0.1, 0.15) is 22.4 Å². The van der Waals surface area contributed by atoms with Gasteiger partial charge < -0.3 is 0 Å². The largest absolute Gasteiger partial charge is 0.269 e. The molecule has 1 N–H and O–H groups in total. The maximum absolute atomic E-state index is 12.3. The van der Waals surface area contributed by atoms with Crippen LogP contribution in [0, 0.1) is 11.3 Å². The van der Waals surface area contributed by atoms with Crippen molar-refractivity contribution in [3.05, 3.63) is 33.7 Å². The number of aromatic nitrogens is 2. The summed E-state index contributed by atoms with van der Waals surface area (Å²) in [7, 11) is -3.82. The Bertz CT molecular complexity index is 837. The van der Waals surface area contributed by atoms with Crippen LogP contribution in [0.25, 0.3) is 0 Å². The van der Waals surface area contributed by atoms with Crippen LogP contribution in [-0.4, -0.2) is 18.4 Å². The first-order chi connectivity index (χ1) is 10.0. The summed E-state index contributed by atoms with van der Waals surface area (Å²) in [5.74, 6) is 0. The second kappa shape index (κ2) is 5.26. The minimum atomic E-state index is -3.82. The van der Waals surface area contributed by atoms with Crippen LogP contribution in [-0.2, 0) is 22.9 Å². The average Bonchev–Trinajstić information content (AvgIpc) is 2.99. The Kier molecular flexibility index (Phi) is 3.57. The molecule has 0 spiro atoms. The molecular weight excluding hydrogens is 332 g/mol. The Morgan fingerprint density at radius 3 is 2.71 bits per heavy atom. The lowest BCUT2D eigenvalue weighted by Crippen LogP contribution is -2.13. The van der Waals surface area contributed by atoms with E-state index < -0.39 is 10.0 Å². The Morgan fingerprint density at radius 1 is 1.33 bits per heavy atom. The number of aryl methyl sites for hydroxylation is 1. The first-order valence-corrected chi connectivity index (χ1v) is 8.74. The van der Waals surface area contributed by atoms with Gasteiger partial charge in [-0.25, -0.2) is 18.4 Å². The molecule has 0 aliphatic heterocycles. The summed E-state index contributed by atoms with van der Waals surface area (Å²) in [6.07, 6.45) is 4.98. The Hall–Kier alpha value is -1.69. The highest BCUT2D eigenvalue weighted by Crippen LogP contribution is 2.39. The highest BCUT2D eigenvalue weighted by atomic mass is 35.5. The highest BCUT2D eigenvalue weighted by Gasteiger charge is 2.25. The molecule has 0 radical (unpaired) electrons. The monoisotopic (exact) mass is 340 g/mol. The Balaban J connectivity index is 1.97. The van der Waals surface area contributed by atoms with E-state index in [0.717, 1.165) is 42.1 Å². The lowest BCUT2D eigenvalue weighted by atomic mass is 10.1. The molecule has 2 heterocycles. The van der Waals surface area contributed by atoms with Gasteiger partial charge in [-0.15, -0.1) is 11.3 Å². The number of nitrogens with zero attached hydrogens (tertiary/aromatic N) is 3. The SMILES string of the molecule is N#Cc1c(NS(=O)(=O)c2cnc(Cl)nc2)sc2c1CCC2. The number of nitrogens with one attached hydrogen (secondary N) is 1. The van der Waals surface area contributed by atoms with Crippen LogP contribution < -0.4 is 4.72 Å². The molecule has 2 aromatic rings. The topological polar surface area (TPSA) is 95.7 Å². The van der Waals surface area contributed by atoms with Crippen molar-refractivity contribution in [2.24, 2.45) is 0 Å². The third kappa shape index (κ3) is 2.60. The summed E-state index contributed by atoms with van der Waals surface area (Å²) in [4.78, 5) is 8.29. The maximum Gasteiger partial charge on any atom is 0.265 e. The van der Waals surface area contributed by atoms with E-state index in [-0.39, 0.29) is 10.2 Å². The molecule has 0 amide bonds. The van der Waals surface area contributed by atoms with Crippen LogP contribution in [0.3, 0.4) is 0 Å². The van der Waals surface area contributed by atoms with Crippen LogP contribution in [0.4, 0.5) is 5.00 Å². The van der Waals surface area contributed by atoms with E-state index in [1.54, 1.807) is 0 Å². The molecule has 0 bridgehead atoms. The molecule has 3 rings (SSSR count). The summed E-state index contributed by atoms with van der Waals surface area (Å²) in [5.41, 5.74) is 1.39. The van der Waals surface area contributed by atoms with Gasteiger partial charge in [-0.3, -0.25) is 4.72 Å². The van der Waals surface area contributed by atoms with Crippen molar-refractivity contribution >= 4 is 38.0 Å². The quantitative estimate of drug-likeness (QED) is 0.865. The minimum absolute atomic E-state index is 0.0261. The van der Waals surface area contributed by atoms with Gasteiger partial charge in [-0.05, 0) is 36.4 Å². The van der Waals surface area contributed by atoms with Crippen LogP contribution >= 0.6 is 22.9 Å². The summed E-state index contributed by atoms with van der Waals surface area (Å²) in [5, 5.41) is 9.59. The molecule has 21 heavy (non-hydrogen) atoms. The second-order valence-electron chi connectivity index (χ2n) is 4.47. The van der Waals surface area contributed by atoms with E-state index in [2.05, 4.69) is 20.8 Å². The van der Waals surface area contributed by atoms with E-state index >= 15 is 0 Å². The lowest BCUT2D eigenvalue weighted by molar-refractivity contribution is 0.600. The predicted octanol–water partition coefficient (Wildman–Crippen LogP) is 2.35. The van der Waals surface area contributed by atoms with Gasteiger partial charge in [0.15, 0.2) is 0 Å². The van der Waals surface area contributed by atoms with Gasteiger partial charge in [0.1, 0.15) is 16.0 Å². The molecule has 9 heteroatoms. The van der Waals surface area contributed by atoms with Crippen LogP contribution in [0.15, 0.2) is 17.3 Å². The molecule has 6 nitrogen and oxygen atoms in total. The zero-order valence-corrected chi connectivity index (χ0v) is 13.0. The number of thiophene rings is 1. The molecular formula is C12H9ClN4O2S2. The number of anilines is 1. The van der Waals surface area contributed by atoms with E-state index in [9.17, 15) is 13.7 Å². The van der Waals surface area contributed by atoms with Crippen molar-refractivity contribution in [3.63, 3.8) is 0 Å². The van der Waals surface area contributed by atoms with Gasteiger partial charge in [0, 0.05) is 4.88 Å². The normalized spacial score (nSPS) is 13.7. The van der Waals surface area contributed by atoms with E-state index in [0.29, 0.717) is 10.6 Å². The van der Waals surface area contributed by atoms with Gasteiger partial charge in [0.2, 0.25) is 5.28 Å². The second-order valence-corrected chi connectivity index (χ2v) is 7.59. The van der Waals surface area contributed by atoms with Gasteiger partial charge in [-0.2, -0.15) is 5.26 Å². The first-order valence-electron chi connectivity index (χ1n) is 6.06. The Morgan fingerprint density at radius 2 is 2.05 bits per heavy atom. The molecule has 0 unspecified atom stereocenters. The standard InChI is InChI=1S/C12H9ClN4O2S2/c13-12-15-5-7(6-16-12)21(18,19)17-11-9(4-14)8-2-1-3-10(8)20-11/h5-6,17H,1-3H2. The molecule has 0 saturated carbocycles. The molecule has 1 aliphatic carbocycles. The third-order valence-corrected chi connectivity index (χ3v) is 6.00. The molecule has 0 aromatic carbocycles. The summed E-state index contributed by atoms with van der Waals surface area (Å²) < 4.78 is 27.0. The number of hydrogen-bond acceptors (Lipinski definition) is 6. The van der Waals surface area contributed by atoms with Crippen molar-refractivity contribution in [2.45, 2.75) is 24.2 Å². The van der Waals surface area contributed by atoms with Gasteiger partial charge in [0.05, 0.1) is 18.0 Å². The third-order valence-electron chi connectivity index (χ3n) is 3.17. The average molecular weight is 341 g/mol. The number of halogens is 1. The first kappa shape index (κ1) is 14.3. The molecule has 2 aromatic heterocycles. The molecule has 0 fully saturated rings. The van der Waals surface area contributed by atoms with Crippen molar-refractivity contribution < 1.29 is 8.42 Å². The fraction of sp³-hybridized carbons (Fsp3) is 0.250. The highest BCUT2D eigenvalue weighted by molar-refractivity contribution is 7.93. The zero-order valence-electron chi connectivity index (χ0n) is 10.6. The number of sulfonamides is 1. The van der Waals surface area contributed by atoms with Gasteiger partial charge >= 0.3 is 0 Å². The van der Waals surface area contributed by atoms with E-state index in [4.69, 9.17) is 11.6 Å². The summed E-state index contributed by atoms with van der Waals surface area (Å²) >= 11 is 6.86. The number of hydrogen-bond donors (Lipinski definition) is 1. The molecule has 0 saturated heterocycles. The van der Waals surface area contributed by atoms with Crippen LogP contribution in [0.2, 0.25) is 5.28 Å². The predicted molar refractivity (Wildman–Crippen MR) is 78.9 cm³/mol. The van der Waals surface area contributed by atoms with Crippen molar-refractivity contribution in [2.75, 3.05) is 4.72 Å². The molecule has 108 valence electrons. The van der Waals surface area contributed by atoms with Crippen molar-refractivity contribution in [1.82, 2.24) is 9.97 Å². The van der Waals surface area contributed by atoms with Gasteiger partial charge in [-0.1, -0.05) is 0 Å². The summed E-state index contributed by atoms with van der Waals surface area (Å²) in [6.45, 7) is 0. The maximum atomic E-state index is 12.3. The van der Waals surface area contributed by atoms with Gasteiger partial charge in [0.25, 0.3) is 10.0 Å². The molecule has 1 aliphatic rings. The van der Waals surface area contributed by atoms with E-state index in [1.165, 1.54) is 11.3 Å². The van der Waals surface area contributed by atoms with Crippen molar-refractivity contribution in [3.8, 4) is 6.07 Å². The smallest absolute Gasteiger partial charge is 0.265 e. The Labute approximate surface area is 130 Å². The number of rotatable bonds is 3. The molecule has 0 atom stereocenters. The fourth-order valence-corrected chi connectivity index (χ4v) is 4.75. The van der Waals surface area contributed by atoms with Crippen LogP contribution in [0.5, 0.6) is 0 Å². The van der Waals surface area contributed by atoms with Crippen molar-refractivity contribution in [1.29, 1.82) is 5.26 Å². The lowest BCUT2D eigenvalue weighted by Gasteiger charge is -2.06. The van der Waals surface area contributed by atoms with E-state index in [1.807, 2.05) is 0 Å². The fourth-order valence-electron chi connectivity index (χ4n) is 2.21. The number of fused-ring (bicyclic) bond motifs is 1.